The second kappa shape index (κ2) is 3.71. The maximum absolute atomic E-state index is 10.8. The molecule has 0 radical (unpaired) electrons. The summed E-state index contributed by atoms with van der Waals surface area (Å²) in [5.74, 6) is 1.20. The number of ketones is 1. The van der Waals surface area contributed by atoms with E-state index in [4.69, 9.17) is 0 Å². The highest BCUT2D eigenvalue weighted by Crippen LogP contribution is 2.27. The zero-order chi connectivity index (χ0) is 7.40. The molecule has 1 fully saturated rings. The minimum Gasteiger partial charge on any atom is -0.310 e. The third-order valence-electron chi connectivity index (χ3n) is 1.85. The van der Waals surface area contributed by atoms with Crippen LogP contribution in [0.25, 0.3) is 0 Å². The van der Waals surface area contributed by atoms with Crippen LogP contribution in [0.4, 0.5) is 0 Å². The molecule has 2 heteroatoms. The Morgan fingerprint density at radius 2 is 2.30 bits per heavy atom. The molecule has 1 saturated carbocycles. The summed E-state index contributed by atoms with van der Waals surface area (Å²) in [7, 11) is 0. The van der Waals surface area contributed by atoms with E-state index >= 15 is 0 Å². The molecule has 2 nitrogen and oxygen atoms in total. The summed E-state index contributed by atoms with van der Waals surface area (Å²) in [4.78, 5) is 10.8. The standard InChI is InChI=1S/C8H15NO/c1-2-8(10)6-9-5-7-3-4-7/h7,9H,2-6H2,1H3. The van der Waals surface area contributed by atoms with Gasteiger partial charge in [0, 0.05) is 6.42 Å². The van der Waals surface area contributed by atoms with Crippen molar-refractivity contribution in [3.05, 3.63) is 0 Å². The zero-order valence-corrected chi connectivity index (χ0v) is 6.52. The first kappa shape index (κ1) is 7.73. The second-order valence-corrected chi connectivity index (χ2v) is 2.97. The van der Waals surface area contributed by atoms with Crippen molar-refractivity contribution < 1.29 is 4.79 Å². The lowest BCUT2D eigenvalue weighted by molar-refractivity contribution is -0.117. The molecule has 0 aromatic carbocycles. The maximum Gasteiger partial charge on any atom is 0.146 e. The molecule has 0 aromatic heterocycles. The van der Waals surface area contributed by atoms with Crippen molar-refractivity contribution in [2.24, 2.45) is 5.92 Å². The summed E-state index contributed by atoms with van der Waals surface area (Å²) in [6.45, 7) is 3.53. The molecule has 0 bridgehead atoms. The van der Waals surface area contributed by atoms with Crippen LogP contribution in [0.1, 0.15) is 26.2 Å². The average Bonchev–Trinajstić information content (AvgIpc) is 2.71. The first-order valence-corrected chi connectivity index (χ1v) is 4.05. The molecular weight excluding hydrogens is 126 g/mol. The number of nitrogens with one attached hydrogen (secondary N) is 1. The van der Waals surface area contributed by atoms with Crippen LogP contribution in [-0.4, -0.2) is 18.9 Å². The Labute approximate surface area is 62.0 Å². The molecule has 0 aliphatic heterocycles. The molecule has 0 saturated heterocycles. The fraction of sp³-hybridized carbons (Fsp3) is 0.875. The number of carbonyl (C=O) groups is 1. The fourth-order valence-corrected chi connectivity index (χ4v) is 0.863. The Kier molecular flexibility index (Phi) is 2.87. The molecule has 1 N–H and O–H groups in total. The van der Waals surface area contributed by atoms with Crippen LogP contribution in [0.2, 0.25) is 0 Å². The summed E-state index contributed by atoms with van der Waals surface area (Å²) < 4.78 is 0. The molecule has 0 aromatic rings. The van der Waals surface area contributed by atoms with Gasteiger partial charge in [0.05, 0.1) is 6.54 Å². The molecular formula is C8H15NO. The molecule has 1 aliphatic carbocycles. The van der Waals surface area contributed by atoms with E-state index in [2.05, 4.69) is 5.32 Å². The first-order chi connectivity index (χ1) is 4.83. The van der Waals surface area contributed by atoms with Gasteiger partial charge in [0.15, 0.2) is 0 Å². The molecule has 0 spiro atoms. The van der Waals surface area contributed by atoms with Gasteiger partial charge in [-0.05, 0) is 25.3 Å². The van der Waals surface area contributed by atoms with Crippen LogP contribution >= 0.6 is 0 Å². The number of rotatable bonds is 5. The van der Waals surface area contributed by atoms with E-state index in [1.54, 1.807) is 0 Å². The van der Waals surface area contributed by atoms with Crippen molar-refractivity contribution in [1.29, 1.82) is 0 Å². The number of Topliss-reactive ketones (excluding diaryl/α,β-unsaturated/α-hetero) is 1. The predicted octanol–water partition coefficient (Wildman–Crippen LogP) is 0.965. The van der Waals surface area contributed by atoms with Gasteiger partial charge in [0.1, 0.15) is 5.78 Å². The molecule has 58 valence electrons. The molecule has 0 unspecified atom stereocenters. The van der Waals surface area contributed by atoms with Crippen molar-refractivity contribution in [3.63, 3.8) is 0 Å². The van der Waals surface area contributed by atoms with Gasteiger partial charge in [-0.2, -0.15) is 0 Å². The summed E-state index contributed by atoms with van der Waals surface area (Å²) in [5, 5.41) is 3.15. The quantitative estimate of drug-likeness (QED) is 0.618. The lowest BCUT2D eigenvalue weighted by Gasteiger charge is -1.99. The van der Waals surface area contributed by atoms with E-state index in [1.165, 1.54) is 12.8 Å². The topological polar surface area (TPSA) is 29.1 Å². The van der Waals surface area contributed by atoms with Crippen molar-refractivity contribution >= 4 is 5.78 Å². The van der Waals surface area contributed by atoms with Crippen LogP contribution in [0.5, 0.6) is 0 Å². The van der Waals surface area contributed by atoms with E-state index in [1.807, 2.05) is 6.92 Å². The first-order valence-electron chi connectivity index (χ1n) is 4.05. The Balaban J connectivity index is 1.88. The van der Waals surface area contributed by atoms with Crippen LogP contribution < -0.4 is 5.32 Å². The minimum absolute atomic E-state index is 0.320. The third kappa shape index (κ3) is 2.97. The highest BCUT2D eigenvalue weighted by Gasteiger charge is 2.20. The van der Waals surface area contributed by atoms with Gasteiger partial charge < -0.3 is 5.32 Å². The molecule has 1 aliphatic rings. The van der Waals surface area contributed by atoms with E-state index in [-0.39, 0.29) is 0 Å². The maximum atomic E-state index is 10.8. The van der Waals surface area contributed by atoms with Crippen LogP contribution in [0, 0.1) is 5.92 Å². The summed E-state index contributed by atoms with van der Waals surface area (Å²) in [6, 6.07) is 0. The monoisotopic (exact) mass is 141 g/mol. The van der Waals surface area contributed by atoms with Crippen molar-refractivity contribution in [2.45, 2.75) is 26.2 Å². The van der Waals surface area contributed by atoms with Crippen LogP contribution in [0.3, 0.4) is 0 Å². The summed E-state index contributed by atoms with van der Waals surface area (Å²) >= 11 is 0. The Morgan fingerprint density at radius 1 is 1.60 bits per heavy atom. The van der Waals surface area contributed by atoms with E-state index in [0.717, 1.165) is 12.5 Å². The molecule has 0 atom stereocenters. The highest BCUT2D eigenvalue weighted by molar-refractivity contribution is 5.80. The van der Waals surface area contributed by atoms with E-state index in [0.29, 0.717) is 18.7 Å². The number of hydrogen-bond donors (Lipinski definition) is 1. The smallest absolute Gasteiger partial charge is 0.146 e. The van der Waals surface area contributed by atoms with Gasteiger partial charge in [0.25, 0.3) is 0 Å². The Morgan fingerprint density at radius 3 is 2.80 bits per heavy atom. The molecule has 0 amide bonds. The normalized spacial score (nSPS) is 17.3. The summed E-state index contributed by atoms with van der Waals surface area (Å²) in [5.41, 5.74) is 0. The highest BCUT2D eigenvalue weighted by atomic mass is 16.1. The zero-order valence-electron chi connectivity index (χ0n) is 6.52. The van der Waals surface area contributed by atoms with E-state index < -0.39 is 0 Å². The predicted molar refractivity (Wildman–Crippen MR) is 40.9 cm³/mol. The van der Waals surface area contributed by atoms with Gasteiger partial charge in [-0.15, -0.1) is 0 Å². The number of carbonyl (C=O) groups excluding carboxylic acids is 1. The van der Waals surface area contributed by atoms with Crippen LogP contribution in [0.15, 0.2) is 0 Å². The molecule has 10 heavy (non-hydrogen) atoms. The van der Waals surface area contributed by atoms with Gasteiger partial charge >= 0.3 is 0 Å². The summed E-state index contributed by atoms with van der Waals surface area (Å²) in [6.07, 6.45) is 3.37. The van der Waals surface area contributed by atoms with Gasteiger partial charge in [-0.1, -0.05) is 6.92 Å². The molecule has 1 rings (SSSR count). The average molecular weight is 141 g/mol. The fourth-order valence-electron chi connectivity index (χ4n) is 0.863. The minimum atomic E-state index is 0.320. The van der Waals surface area contributed by atoms with Crippen molar-refractivity contribution in [3.8, 4) is 0 Å². The third-order valence-corrected chi connectivity index (χ3v) is 1.85. The largest absolute Gasteiger partial charge is 0.310 e. The lowest BCUT2D eigenvalue weighted by Crippen LogP contribution is -2.24. The van der Waals surface area contributed by atoms with Gasteiger partial charge in [-0.25, -0.2) is 0 Å². The van der Waals surface area contributed by atoms with Gasteiger partial charge in [0.2, 0.25) is 0 Å². The number of hydrogen-bond acceptors (Lipinski definition) is 2. The Bertz CT molecular complexity index is 118. The molecule has 0 heterocycles. The van der Waals surface area contributed by atoms with Crippen molar-refractivity contribution in [2.75, 3.05) is 13.1 Å². The second-order valence-electron chi connectivity index (χ2n) is 2.97. The van der Waals surface area contributed by atoms with E-state index in [9.17, 15) is 4.79 Å². The van der Waals surface area contributed by atoms with Gasteiger partial charge in [-0.3, -0.25) is 4.79 Å². The van der Waals surface area contributed by atoms with Crippen molar-refractivity contribution in [1.82, 2.24) is 5.32 Å². The lowest BCUT2D eigenvalue weighted by atomic mass is 10.3. The van der Waals surface area contributed by atoms with Crippen LogP contribution in [-0.2, 0) is 4.79 Å². The SMILES string of the molecule is CCC(=O)CNCC1CC1. The Hall–Kier alpha value is -0.370.